The molecule has 2 rings (SSSR count). The second-order valence-electron chi connectivity index (χ2n) is 4.74. The number of amides is 1. The largest absolute Gasteiger partial charge is 0.469 e. The Morgan fingerprint density at radius 3 is 2.72 bits per heavy atom. The second-order valence-corrected chi connectivity index (χ2v) is 4.74. The van der Waals surface area contributed by atoms with Gasteiger partial charge in [-0.15, -0.1) is 0 Å². The van der Waals surface area contributed by atoms with Crippen LogP contribution >= 0.6 is 0 Å². The van der Waals surface area contributed by atoms with Gasteiger partial charge in [0.25, 0.3) is 0 Å². The van der Waals surface area contributed by atoms with Gasteiger partial charge in [0.05, 0.1) is 25.2 Å². The average molecular weight is 256 g/mol. The zero-order valence-corrected chi connectivity index (χ0v) is 10.9. The molecule has 6 heteroatoms. The van der Waals surface area contributed by atoms with Gasteiger partial charge in [0.15, 0.2) is 0 Å². The Morgan fingerprint density at radius 2 is 2.17 bits per heavy atom. The molecule has 1 spiro atoms. The third kappa shape index (κ3) is 1.99. The quantitative estimate of drug-likeness (QED) is 0.724. The predicted molar refractivity (Wildman–Crippen MR) is 63.4 cm³/mol. The summed E-state index contributed by atoms with van der Waals surface area (Å²) in [6.07, 6.45) is 1.63. The van der Waals surface area contributed by atoms with E-state index in [-0.39, 0.29) is 18.3 Å². The summed E-state index contributed by atoms with van der Waals surface area (Å²) in [4.78, 5) is 29.4. The van der Waals surface area contributed by atoms with Crippen molar-refractivity contribution in [2.75, 3.05) is 26.8 Å². The Hall–Kier alpha value is -1.14. The Balaban J connectivity index is 2.30. The lowest BCUT2D eigenvalue weighted by Gasteiger charge is -2.42. The number of carbonyl (C=O) groups is 2. The van der Waals surface area contributed by atoms with Crippen LogP contribution in [0.3, 0.4) is 0 Å². The lowest BCUT2D eigenvalue weighted by atomic mass is 9.78. The maximum atomic E-state index is 12.0. The Labute approximate surface area is 107 Å². The molecule has 2 heterocycles. The van der Waals surface area contributed by atoms with Gasteiger partial charge in [-0.05, 0) is 32.9 Å². The summed E-state index contributed by atoms with van der Waals surface area (Å²) < 4.78 is 4.84. The van der Waals surface area contributed by atoms with E-state index in [1.54, 1.807) is 0 Å². The van der Waals surface area contributed by atoms with E-state index in [4.69, 9.17) is 9.57 Å². The molecular formula is C12H20N2O4. The van der Waals surface area contributed by atoms with Gasteiger partial charge in [0, 0.05) is 6.42 Å². The van der Waals surface area contributed by atoms with E-state index in [2.05, 4.69) is 5.32 Å². The topological polar surface area (TPSA) is 67.9 Å². The zero-order chi connectivity index (χ0) is 13.2. The summed E-state index contributed by atoms with van der Waals surface area (Å²) in [6.45, 7) is 3.83. The highest BCUT2D eigenvalue weighted by atomic mass is 16.7. The first kappa shape index (κ1) is 13.3. The maximum Gasteiger partial charge on any atom is 0.311 e. The highest BCUT2D eigenvalue weighted by molar-refractivity contribution is 5.88. The van der Waals surface area contributed by atoms with Gasteiger partial charge in [-0.2, -0.15) is 0 Å². The van der Waals surface area contributed by atoms with Gasteiger partial charge < -0.3 is 10.1 Å². The van der Waals surface area contributed by atoms with Crippen LogP contribution in [0.2, 0.25) is 0 Å². The molecule has 2 aliphatic heterocycles. The van der Waals surface area contributed by atoms with Crippen LogP contribution in [0.15, 0.2) is 0 Å². The molecule has 2 saturated heterocycles. The Bertz CT molecular complexity index is 339. The summed E-state index contributed by atoms with van der Waals surface area (Å²) in [5.74, 6) is -0.842. The third-order valence-electron chi connectivity index (χ3n) is 3.87. The van der Waals surface area contributed by atoms with Gasteiger partial charge in [-0.25, -0.2) is 5.06 Å². The Morgan fingerprint density at radius 1 is 1.50 bits per heavy atom. The molecule has 6 nitrogen and oxygen atoms in total. The van der Waals surface area contributed by atoms with Crippen LogP contribution in [-0.2, 0) is 19.2 Å². The van der Waals surface area contributed by atoms with Crippen LogP contribution in [0.4, 0.5) is 0 Å². The average Bonchev–Trinajstić information content (AvgIpc) is 2.65. The van der Waals surface area contributed by atoms with Crippen LogP contribution in [-0.4, -0.2) is 49.3 Å². The van der Waals surface area contributed by atoms with Crippen molar-refractivity contribution < 1.29 is 19.2 Å². The highest BCUT2D eigenvalue weighted by Gasteiger charge is 2.57. The Kier molecular flexibility index (Phi) is 3.87. The molecule has 2 fully saturated rings. The molecule has 1 N–H and O–H groups in total. The van der Waals surface area contributed by atoms with Crippen LogP contribution in [0.1, 0.15) is 26.2 Å². The van der Waals surface area contributed by atoms with Gasteiger partial charge in [0.2, 0.25) is 5.91 Å². The molecule has 102 valence electrons. The second kappa shape index (κ2) is 5.24. The number of methoxy groups -OCH3 is 1. The van der Waals surface area contributed by atoms with E-state index in [9.17, 15) is 9.59 Å². The number of hydrogen-bond acceptors (Lipinski definition) is 5. The molecule has 1 atom stereocenters. The first-order valence-electron chi connectivity index (χ1n) is 6.40. The van der Waals surface area contributed by atoms with E-state index in [0.29, 0.717) is 6.61 Å². The number of piperidine rings is 1. The van der Waals surface area contributed by atoms with Crippen molar-refractivity contribution in [1.82, 2.24) is 10.4 Å². The van der Waals surface area contributed by atoms with Crippen molar-refractivity contribution >= 4 is 11.9 Å². The van der Waals surface area contributed by atoms with Crippen molar-refractivity contribution in [3.05, 3.63) is 0 Å². The molecule has 0 bridgehead atoms. The van der Waals surface area contributed by atoms with E-state index < -0.39 is 11.5 Å². The molecule has 0 aliphatic carbocycles. The lowest BCUT2D eigenvalue weighted by molar-refractivity contribution is -0.217. The smallest absolute Gasteiger partial charge is 0.311 e. The van der Waals surface area contributed by atoms with Crippen molar-refractivity contribution in [3.8, 4) is 0 Å². The molecule has 1 amide bonds. The van der Waals surface area contributed by atoms with Crippen LogP contribution < -0.4 is 5.32 Å². The fourth-order valence-corrected chi connectivity index (χ4v) is 3.02. The number of esters is 1. The fourth-order valence-electron chi connectivity index (χ4n) is 3.02. The van der Waals surface area contributed by atoms with Crippen LogP contribution in [0.25, 0.3) is 0 Å². The molecule has 2 aliphatic rings. The highest BCUT2D eigenvalue weighted by Crippen LogP contribution is 2.43. The predicted octanol–water partition coefficient (Wildman–Crippen LogP) is 0.0816. The number of nitrogens with zero attached hydrogens (tertiary/aromatic N) is 1. The fraction of sp³-hybridized carbons (Fsp3) is 0.833. The summed E-state index contributed by atoms with van der Waals surface area (Å²) in [5.41, 5.74) is -0.522. The minimum absolute atomic E-state index is 0.117. The summed E-state index contributed by atoms with van der Waals surface area (Å²) in [7, 11) is 1.37. The number of carbonyl (C=O) groups excluding carboxylic acids is 2. The first-order chi connectivity index (χ1) is 8.65. The summed E-state index contributed by atoms with van der Waals surface area (Å²) in [6, 6.07) is 0. The van der Waals surface area contributed by atoms with Gasteiger partial charge >= 0.3 is 5.97 Å². The maximum absolute atomic E-state index is 12.0. The van der Waals surface area contributed by atoms with E-state index in [0.717, 1.165) is 25.9 Å². The summed E-state index contributed by atoms with van der Waals surface area (Å²) in [5, 5.41) is 4.69. The SMILES string of the molecule is CCON1C(=O)C[C@H](C(=O)OC)C12CCNCC2. The molecule has 18 heavy (non-hydrogen) atoms. The number of hydrogen-bond donors (Lipinski definition) is 1. The van der Waals surface area contributed by atoms with Crippen LogP contribution in [0.5, 0.6) is 0 Å². The number of ether oxygens (including phenoxy) is 1. The first-order valence-corrected chi connectivity index (χ1v) is 6.40. The van der Waals surface area contributed by atoms with Gasteiger partial charge in [-0.1, -0.05) is 0 Å². The van der Waals surface area contributed by atoms with Crippen molar-refractivity contribution in [2.45, 2.75) is 31.7 Å². The molecule has 0 aromatic heterocycles. The van der Waals surface area contributed by atoms with E-state index >= 15 is 0 Å². The van der Waals surface area contributed by atoms with Crippen molar-refractivity contribution in [1.29, 1.82) is 0 Å². The number of rotatable bonds is 3. The minimum Gasteiger partial charge on any atom is -0.469 e. The van der Waals surface area contributed by atoms with E-state index in [1.165, 1.54) is 12.2 Å². The molecule has 0 aromatic rings. The zero-order valence-electron chi connectivity index (χ0n) is 10.9. The standard InChI is InChI=1S/C12H20N2O4/c1-3-18-14-10(15)8-9(11(16)17-2)12(14)4-6-13-7-5-12/h9,13H,3-8H2,1-2H3/t9-/m1/s1. The molecule has 0 saturated carbocycles. The van der Waals surface area contributed by atoms with Gasteiger partial charge in [0.1, 0.15) is 0 Å². The molecular weight excluding hydrogens is 236 g/mol. The molecule has 0 unspecified atom stereocenters. The van der Waals surface area contributed by atoms with Crippen molar-refractivity contribution in [3.63, 3.8) is 0 Å². The van der Waals surface area contributed by atoms with Crippen LogP contribution in [0, 0.1) is 5.92 Å². The molecule has 0 radical (unpaired) electrons. The van der Waals surface area contributed by atoms with Crippen molar-refractivity contribution in [2.24, 2.45) is 5.92 Å². The number of nitrogens with one attached hydrogen (secondary N) is 1. The van der Waals surface area contributed by atoms with E-state index in [1.807, 2.05) is 6.92 Å². The normalized spacial score (nSPS) is 26.7. The number of hydroxylamine groups is 2. The molecule has 0 aromatic carbocycles. The van der Waals surface area contributed by atoms with Gasteiger partial charge in [-0.3, -0.25) is 14.4 Å². The minimum atomic E-state index is -0.522. The third-order valence-corrected chi connectivity index (χ3v) is 3.87. The monoisotopic (exact) mass is 256 g/mol. The lowest BCUT2D eigenvalue weighted by Crippen LogP contribution is -2.56. The summed E-state index contributed by atoms with van der Waals surface area (Å²) >= 11 is 0.